The Bertz CT molecular complexity index is 507. The highest BCUT2D eigenvalue weighted by atomic mass is 19.1. The lowest BCUT2D eigenvalue weighted by Gasteiger charge is -2.33. The highest BCUT2D eigenvalue weighted by Gasteiger charge is 2.36. The minimum absolute atomic E-state index is 0.0582. The third-order valence-electron chi connectivity index (χ3n) is 4.56. The predicted molar refractivity (Wildman–Crippen MR) is 79.5 cm³/mol. The largest absolute Gasteiger partial charge is 0.490 e. The van der Waals surface area contributed by atoms with Gasteiger partial charge in [-0.15, -0.1) is 0 Å². The zero-order chi connectivity index (χ0) is 15.5. The summed E-state index contributed by atoms with van der Waals surface area (Å²) in [6, 6.07) is 4.58. The lowest BCUT2D eigenvalue weighted by Crippen LogP contribution is -2.47. The van der Waals surface area contributed by atoms with Gasteiger partial charge < -0.3 is 15.8 Å². The van der Waals surface area contributed by atoms with E-state index in [4.69, 9.17) is 10.5 Å². The monoisotopic (exact) mass is 294 g/mol. The summed E-state index contributed by atoms with van der Waals surface area (Å²) in [6.07, 6.45) is 2.01. The van der Waals surface area contributed by atoms with Gasteiger partial charge in [-0.05, 0) is 18.9 Å². The van der Waals surface area contributed by atoms with Gasteiger partial charge in [0.15, 0.2) is 11.6 Å². The second kappa shape index (κ2) is 6.43. The SMILES string of the molecule is CCC(CC)(CN)C(=O)N[C@@H]1CCOc2c(F)cccc21. The third kappa shape index (κ3) is 2.88. The maximum atomic E-state index is 13.8. The molecule has 116 valence electrons. The summed E-state index contributed by atoms with van der Waals surface area (Å²) in [7, 11) is 0. The maximum Gasteiger partial charge on any atom is 0.227 e. The molecule has 0 bridgehead atoms. The van der Waals surface area contributed by atoms with Crippen LogP contribution in [0.15, 0.2) is 18.2 Å². The molecule has 0 saturated heterocycles. The molecule has 1 heterocycles. The number of benzene rings is 1. The molecule has 0 radical (unpaired) electrons. The molecule has 0 spiro atoms. The van der Waals surface area contributed by atoms with Crippen molar-refractivity contribution in [2.75, 3.05) is 13.2 Å². The molecular formula is C16H23FN2O2. The van der Waals surface area contributed by atoms with Gasteiger partial charge in [-0.25, -0.2) is 4.39 Å². The van der Waals surface area contributed by atoms with Crippen molar-refractivity contribution in [2.24, 2.45) is 11.1 Å². The zero-order valence-corrected chi connectivity index (χ0v) is 12.6. The Morgan fingerprint density at radius 3 is 2.81 bits per heavy atom. The normalized spacial score (nSPS) is 17.8. The number of carbonyl (C=O) groups is 1. The number of hydrogen-bond acceptors (Lipinski definition) is 3. The van der Waals surface area contributed by atoms with E-state index in [1.54, 1.807) is 12.1 Å². The number of fused-ring (bicyclic) bond motifs is 1. The number of halogens is 1. The Hall–Kier alpha value is -1.62. The van der Waals surface area contributed by atoms with Crippen molar-refractivity contribution in [3.8, 4) is 5.75 Å². The van der Waals surface area contributed by atoms with Crippen LogP contribution >= 0.6 is 0 Å². The minimum atomic E-state index is -0.550. The summed E-state index contributed by atoms with van der Waals surface area (Å²) >= 11 is 0. The molecule has 1 aromatic rings. The second-order valence-corrected chi connectivity index (χ2v) is 5.51. The zero-order valence-electron chi connectivity index (χ0n) is 12.6. The van der Waals surface area contributed by atoms with Crippen molar-refractivity contribution in [3.63, 3.8) is 0 Å². The first kappa shape index (κ1) is 15.8. The molecule has 0 saturated carbocycles. The first-order valence-electron chi connectivity index (χ1n) is 7.50. The van der Waals surface area contributed by atoms with Gasteiger partial charge in [0.2, 0.25) is 5.91 Å². The first-order valence-corrected chi connectivity index (χ1v) is 7.50. The van der Waals surface area contributed by atoms with E-state index in [0.717, 1.165) is 0 Å². The molecule has 0 aliphatic carbocycles. The van der Waals surface area contributed by atoms with E-state index >= 15 is 0 Å². The van der Waals surface area contributed by atoms with Crippen LogP contribution in [0.3, 0.4) is 0 Å². The molecule has 21 heavy (non-hydrogen) atoms. The number of nitrogens with two attached hydrogens (primary N) is 1. The van der Waals surface area contributed by atoms with Crippen molar-refractivity contribution in [1.82, 2.24) is 5.32 Å². The summed E-state index contributed by atoms with van der Waals surface area (Å²) in [5.74, 6) is -0.194. The van der Waals surface area contributed by atoms with E-state index in [2.05, 4.69) is 5.32 Å². The molecule has 1 aliphatic rings. The van der Waals surface area contributed by atoms with Gasteiger partial charge in [-0.1, -0.05) is 26.0 Å². The predicted octanol–water partition coefficient (Wildman–Crippen LogP) is 2.53. The van der Waals surface area contributed by atoms with Crippen LogP contribution in [0.1, 0.15) is 44.7 Å². The van der Waals surface area contributed by atoms with Gasteiger partial charge in [0.1, 0.15) is 0 Å². The van der Waals surface area contributed by atoms with Crippen LogP contribution in [0.5, 0.6) is 5.75 Å². The van der Waals surface area contributed by atoms with Crippen LogP contribution in [0, 0.1) is 11.2 Å². The number of rotatable bonds is 5. The second-order valence-electron chi connectivity index (χ2n) is 5.51. The van der Waals surface area contributed by atoms with Crippen molar-refractivity contribution in [3.05, 3.63) is 29.6 Å². The highest BCUT2D eigenvalue weighted by molar-refractivity contribution is 5.83. The summed E-state index contributed by atoms with van der Waals surface area (Å²) in [4.78, 5) is 12.6. The quantitative estimate of drug-likeness (QED) is 0.877. The van der Waals surface area contributed by atoms with E-state index in [9.17, 15) is 9.18 Å². The number of hydrogen-bond donors (Lipinski definition) is 2. The highest BCUT2D eigenvalue weighted by Crippen LogP contribution is 2.35. The Morgan fingerprint density at radius 1 is 1.48 bits per heavy atom. The Kier molecular flexibility index (Phi) is 4.83. The molecule has 0 fully saturated rings. The van der Waals surface area contributed by atoms with E-state index < -0.39 is 5.41 Å². The topological polar surface area (TPSA) is 64.4 Å². The van der Waals surface area contributed by atoms with Gasteiger partial charge in [0, 0.05) is 18.5 Å². The van der Waals surface area contributed by atoms with Crippen molar-refractivity contribution in [1.29, 1.82) is 0 Å². The summed E-state index contributed by atoms with van der Waals surface area (Å²) in [5.41, 5.74) is 5.96. The van der Waals surface area contributed by atoms with E-state index in [1.165, 1.54) is 6.07 Å². The minimum Gasteiger partial charge on any atom is -0.490 e. The lowest BCUT2D eigenvalue weighted by atomic mass is 9.81. The van der Waals surface area contributed by atoms with Crippen LogP contribution in [-0.2, 0) is 4.79 Å². The summed E-state index contributed by atoms with van der Waals surface area (Å²) in [6.45, 7) is 4.64. The smallest absolute Gasteiger partial charge is 0.227 e. The standard InChI is InChI=1S/C16H23FN2O2/c1-3-16(4-2,10-18)15(20)19-13-8-9-21-14-11(13)6-5-7-12(14)17/h5-7,13H,3-4,8-10,18H2,1-2H3,(H,19,20)/t13-/m1/s1. The number of para-hydroxylation sites is 1. The lowest BCUT2D eigenvalue weighted by molar-refractivity contribution is -0.132. The molecule has 4 nitrogen and oxygen atoms in total. The van der Waals surface area contributed by atoms with Gasteiger partial charge >= 0.3 is 0 Å². The van der Waals surface area contributed by atoms with Gasteiger partial charge in [0.25, 0.3) is 0 Å². The summed E-state index contributed by atoms with van der Waals surface area (Å²) in [5, 5.41) is 3.03. The Morgan fingerprint density at radius 2 is 2.19 bits per heavy atom. The van der Waals surface area contributed by atoms with Crippen LogP contribution in [-0.4, -0.2) is 19.1 Å². The molecule has 0 unspecified atom stereocenters. The molecule has 1 atom stereocenters. The average molecular weight is 294 g/mol. The van der Waals surface area contributed by atoms with Crippen LogP contribution in [0.2, 0.25) is 0 Å². The number of ether oxygens (including phenoxy) is 1. The fourth-order valence-electron chi connectivity index (χ4n) is 2.80. The van der Waals surface area contributed by atoms with Crippen LogP contribution in [0.4, 0.5) is 4.39 Å². The van der Waals surface area contributed by atoms with Crippen molar-refractivity contribution < 1.29 is 13.9 Å². The molecule has 3 N–H and O–H groups in total. The molecule has 0 aromatic heterocycles. The molecule has 1 aliphatic heterocycles. The van der Waals surface area contributed by atoms with Crippen LogP contribution in [0.25, 0.3) is 0 Å². The van der Waals surface area contributed by atoms with Crippen LogP contribution < -0.4 is 15.8 Å². The molecule has 5 heteroatoms. The molecule has 2 rings (SSSR count). The fourth-order valence-corrected chi connectivity index (χ4v) is 2.80. The Balaban J connectivity index is 2.22. The van der Waals surface area contributed by atoms with E-state index in [-0.39, 0.29) is 23.5 Å². The third-order valence-corrected chi connectivity index (χ3v) is 4.56. The number of amides is 1. The fraction of sp³-hybridized carbons (Fsp3) is 0.562. The molecule has 1 aromatic carbocycles. The Labute approximate surface area is 124 Å². The van der Waals surface area contributed by atoms with Crippen molar-refractivity contribution in [2.45, 2.75) is 39.2 Å². The van der Waals surface area contributed by atoms with Gasteiger partial charge in [-0.3, -0.25) is 4.79 Å². The van der Waals surface area contributed by atoms with E-state index in [0.29, 0.717) is 38.0 Å². The van der Waals surface area contributed by atoms with Gasteiger partial charge in [0.05, 0.1) is 18.1 Å². The molecule has 1 amide bonds. The van der Waals surface area contributed by atoms with Gasteiger partial charge in [-0.2, -0.15) is 0 Å². The van der Waals surface area contributed by atoms with Crippen molar-refractivity contribution >= 4 is 5.91 Å². The van der Waals surface area contributed by atoms with E-state index in [1.807, 2.05) is 13.8 Å². The first-order chi connectivity index (χ1) is 10.1. The number of nitrogens with one attached hydrogen (secondary N) is 1. The molecular weight excluding hydrogens is 271 g/mol. The summed E-state index contributed by atoms with van der Waals surface area (Å²) < 4.78 is 19.1. The maximum absolute atomic E-state index is 13.8. The number of carbonyl (C=O) groups excluding carboxylic acids is 1. The average Bonchev–Trinajstić information content (AvgIpc) is 2.51.